The van der Waals surface area contributed by atoms with E-state index in [-0.39, 0.29) is 5.41 Å². The Kier molecular flexibility index (Phi) is 6.03. The number of carbonyl (C=O) groups excluding carboxylic acids is 1. The summed E-state index contributed by atoms with van der Waals surface area (Å²) in [7, 11) is 0. The Bertz CT molecular complexity index is 270. The molecular formula is C15H29NOS. The first-order valence-corrected chi connectivity index (χ1v) is 8.01. The number of rotatable bonds is 8. The van der Waals surface area contributed by atoms with Gasteiger partial charge >= 0.3 is 0 Å². The van der Waals surface area contributed by atoms with E-state index in [0.717, 1.165) is 25.1 Å². The fourth-order valence-corrected chi connectivity index (χ4v) is 3.00. The molecule has 1 fully saturated rings. The van der Waals surface area contributed by atoms with Crippen molar-refractivity contribution in [3.05, 3.63) is 0 Å². The predicted octanol–water partition coefficient (Wildman–Crippen LogP) is 3.76. The lowest BCUT2D eigenvalue weighted by Crippen LogP contribution is -2.43. The molecule has 0 N–H and O–H groups in total. The zero-order valence-corrected chi connectivity index (χ0v) is 13.3. The third-order valence-electron chi connectivity index (χ3n) is 4.08. The van der Waals surface area contributed by atoms with Gasteiger partial charge in [0.25, 0.3) is 0 Å². The standard InChI is InChI=1S/C15H29NOS/c1-5-13(6-2)16(10-12(3)4)14(17)9-15(11-18)7-8-15/h12-13,18H,5-11H2,1-4H3. The van der Waals surface area contributed by atoms with Crippen molar-refractivity contribution in [1.29, 1.82) is 0 Å². The maximum Gasteiger partial charge on any atom is 0.223 e. The molecule has 1 saturated carbocycles. The maximum absolute atomic E-state index is 12.5. The summed E-state index contributed by atoms with van der Waals surface area (Å²) in [6.07, 6.45) is 5.19. The largest absolute Gasteiger partial charge is 0.339 e. The minimum atomic E-state index is 0.238. The van der Waals surface area contributed by atoms with Gasteiger partial charge in [0.2, 0.25) is 5.91 Å². The molecule has 1 rings (SSSR count). The van der Waals surface area contributed by atoms with Gasteiger partial charge in [-0.05, 0) is 42.8 Å². The highest BCUT2D eigenvalue weighted by atomic mass is 32.1. The second-order valence-corrected chi connectivity index (χ2v) is 6.56. The lowest BCUT2D eigenvalue weighted by Gasteiger charge is -2.33. The third-order valence-corrected chi connectivity index (χ3v) is 4.76. The summed E-state index contributed by atoms with van der Waals surface area (Å²) in [6.45, 7) is 9.64. The number of hydrogen-bond donors (Lipinski definition) is 1. The number of nitrogens with zero attached hydrogens (tertiary/aromatic N) is 1. The highest BCUT2D eigenvalue weighted by molar-refractivity contribution is 7.80. The zero-order chi connectivity index (χ0) is 13.8. The van der Waals surface area contributed by atoms with Crippen molar-refractivity contribution in [3.8, 4) is 0 Å². The average Bonchev–Trinajstić information content (AvgIpc) is 3.09. The van der Waals surface area contributed by atoms with Crippen LogP contribution in [0.3, 0.4) is 0 Å². The van der Waals surface area contributed by atoms with E-state index in [1.54, 1.807) is 0 Å². The Morgan fingerprint density at radius 2 is 1.83 bits per heavy atom. The fourth-order valence-electron chi connectivity index (χ4n) is 2.57. The molecule has 0 aliphatic heterocycles. The summed E-state index contributed by atoms with van der Waals surface area (Å²) < 4.78 is 0. The Labute approximate surface area is 118 Å². The molecule has 0 bridgehead atoms. The van der Waals surface area contributed by atoms with Gasteiger partial charge in [-0.1, -0.05) is 27.7 Å². The van der Waals surface area contributed by atoms with Crippen LogP contribution in [0.4, 0.5) is 0 Å². The van der Waals surface area contributed by atoms with E-state index in [2.05, 4.69) is 45.2 Å². The zero-order valence-electron chi connectivity index (χ0n) is 12.4. The number of hydrogen-bond acceptors (Lipinski definition) is 2. The van der Waals surface area contributed by atoms with Crippen LogP contribution in [0.1, 0.15) is 59.8 Å². The molecule has 18 heavy (non-hydrogen) atoms. The molecule has 3 heteroatoms. The van der Waals surface area contributed by atoms with Crippen molar-refractivity contribution in [3.63, 3.8) is 0 Å². The second-order valence-electron chi connectivity index (χ2n) is 6.25. The quantitative estimate of drug-likeness (QED) is 0.667. The van der Waals surface area contributed by atoms with Gasteiger partial charge in [0, 0.05) is 19.0 Å². The molecule has 0 radical (unpaired) electrons. The molecule has 0 aromatic rings. The van der Waals surface area contributed by atoms with Gasteiger partial charge in [0.05, 0.1) is 0 Å². The second kappa shape index (κ2) is 6.83. The first-order chi connectivity index (χ1) is 8.48. The lowest BCUT2D eigenvalue weighted by molar-refractivity contribution is -0.135. The Balaban J connectivity index is 2.66. The smallest absolute Gasteiger partial charge is 0.223 e. The van der Waals surface area contributed by atoms with Crippen molar-refractivity contribution in [2.24, 2.45) is 11.3 Å². The molecule has 0 atom stereocenters. The number of carbonyl (C=O) groups is 1. The van der Waals surface area contributed by atoms with Crippen molar-refractivity contribution in [2.75, 3.05) is 12.3 Å². The van der Waals surface area contributed by atoms with E-state index >= 15 is 0 Å². The summed E-state index contributed by atoms with van der Waals surface area (Å²) in [5, 5.41) is 0. The SMILES string of the molecule is CCC(CC)N(CC(C)C)C(=O)CC1(CS)CC1. The molecule has 0 unspecified atom stereocenters. The topological polar surface area (TPSA) is 20.3 Å². The van der Waals surface area contributed by atoms with Crippen molar-refractivity contribution >= 4 is 18.5 Å². The first-order valence-electron chi connectivity index (χ1n) is 7.38. The van der Waals surface area contributed by atoms with Gasteiger partial charge in [-0.15, -0.1) is 0 Å². The van der Waals surface area contributed by atoms with E-state index in [1.165, 1.54) is 12.8 Å². The van der Waals surface area contributed by atoms with Crippen LogP contribution in [0, 0.1) is 11.3 Å². The van der Waals surface area contributed by atoms with Crippen LogP contribution in [0.15, 0.2) is 0 Å². The minimum absolute atomic E-state index is 0.238. The van der Waals surface area contributed by atoms with E-state index < -0.39 is 0 Å². The molecule has 0 aromatic heterocycles. The molecule has 0 saturated heterocycles. The van der Waals surface area contributed by atoms with Gasteiger partial charge in [-0.25, -0.2) is 0 Å². The highest BCUT2D eigenvalue weighted by Gasteiger charge is 2.44. The molecule has 0 heterocycles. The van der Waals surface area contributed by atoms with E-state index in [9.17, 15) is 4.79 Å². The summed E-state index contributed by atoms with van der Waals surface area (Å²) in [5.41, 5.74) is 0.238. The first kappa shape index (κ1) is 15.9. The highest BCUT2D eigenvalue weighted by Crippen LogP contribution is 2.50. The molecule has 1 amide bonds. The van der Waals surface area contributed by atoms with Crippen LogP contribution < -0.4 is 0 Å². The molecule has 2 nitrogen and oxygen atoms in total. The van der Waals surface area contributed by atoms with Gasteiger partial charge in [-0.2, -0.15) is 12.6 Å². The molecule has 106 valence electrons. The average molecular weight is 271 g/mol. The van der Waals surface area contributed by atoms with Crippen LogP contribution in [0.25, 0.3) is 0 Å². The van der Waals surface area contributed by atoms with Crippen LogP contribution in [-0.2, 0) is 4.79 Å². The molecule has 0 aromatic carbocycles. The normalized spacial score (nSPS) is 17.3. The van der Waals surface area contributed by atoms with E-state index in [1.807, 2.05) is 0 Å². The van der Waals surface area contributed by atoms with E-state index in [0.29, 0.717) is 24.3 Å². The van der Waals surface area contributed by atoms with Crippen LogP contribution in [0.5, 0.6) is 0 Å². The summed E-state index contributed by atoms with van der Waals surface area (Å²) >= 11 is 4.40. The lowest BCUT2D eigenvalue weighted by atomic mass is 10.0. The van der Waals surface area contributed by atoms with Crippen LogP contribution in [0.2, 0.25) is 0 Å². The predicted molar refractivity (Wildman–Crippen MR) is 81.1 cm³/mol. The number of amides is 1. The van der Waals surface area contributed by atoms with Crippen molar-refractivity contribution < 1.29 is 4.79 Å². The Morgan fingerprint density at radius 1 is 1.28 bits per heavy atom. The Hall–Kier alpha value is -0.180. The summed E-state index contributed by atoms with van der Waals surface area (Å²) in [5.74, 6) is 1.75. The summed E-state index contributed by atoms with van der Waals surface area (Å²) in [6, 6.07) is 0.413. The Morgan fingerprint density at radius 3 is 2.17 bits per heavy atom. The maximum atomic E-state index is 12.5. The molecule has 0 spiro atoms. The fraction of sp³-hybridized carbons (Fsp3) is 0.933. The van der Waals surface area contributed by atoms with Crippen molar-refractivity contribution in [1.82, 2.24) is 4.90 Å². The van der Waals surface area contributed by atoms with Gasteiger partial charge in [0.1, 0.15) is 0 Å². The number of thiol groups is 1. The van der Waals surface area contributed by atoms with E-state index in [4.69, 9.17) is 0 Å². The minimum Gasteiger partial charge on any atom is -0.339 e. The monoisotopic (exact) mass is 271 g/mol. The van der Waals surface area contributed by atoms with Gasteiger partial charge in [0.15, 0.2) is 0 Å². The molecule has 1 aliphatic rings. The summed E-state index contributed by atoms with van der Waals surface area (Å²) in [4.78, 5) is 14.7. The van der Waals surface area contributed by atoms with Crippen LogP contribution >= 0.6 is 12.6 Å². The van der Waals surface area contributed by atoms with Crippen molar-refractivity contribution in [2.45, 2.75) is 65.8 Å². The third kappa shape index (κ3) is 4.18. The van der Waals surface area contributed by atoms with Gasteiger partial charge < -0.3 is 4.90 Å². The molecular weight excluding hydrogens is 242 g/mol. The molecule has 1 aliphatic carbocycles. The van der Waals surface area contributed by atoms with Crippen LogP contribution in [-0.4, -0.2) is 29.1 Å². The van der Waals surface area contributed by atoms with Gasteiger partial charge in [-0.3, -0.25) is 4.79 Å².